The van der Waals surface area contributed by atoms with E-state index in [9.17, 15) is 0 Å². The standard InChI is InChI=1S/C54H39N/c1-53(2)49-22-12-8-18-43(49)45-32-30-41(34-51(45)53)55(40-28-26-37(27-29-40)36-14-4-3-5-15-36)42-31-33-46-44-19-9-13-23-50(44)54(52(46)35-42)47-20-10-6-16-38(47)24-25-39-17-7-11-21-48(39)54/h3-35H,1-2H3. The highest BCUT2D eigenvalue weighted by Gasteiger charge is 2.48. The Bertz CT molecular complexity index is 2790. The minimum absolute atomic E-state index is 0.116. The van der Waals surface area contributed by atoms with E-state index in [1.165, 1.54) is 77.9 Å². The fourth-order valence-corrected chi connectivity index (χ4v) is 9.99. The van der Waals surface area contributed by atoms with Crippen molar-refractivity contribution < 1.29 is 0 Å². The maximum Gasteiger partial charge on any atom is 0.0725 e. The highest BCUT2D eigenvalue weighted by molar-refractivity contribution is 5.94. The van der Waals surface area contributed by atoms with Crippen molar-refractivity contribution >= 4 is 29.2 Å². The second kappa shape index (κ2) is 11.9. The Morgan fingerprint density at radius 3 is 1.40 bits per heavy atom. The fourth-order valence-electron chi connectivity index (χ4n) is 9.99. The third-order valence-electron chi connectivity index (χ3n) is 12.5. The molecular formula is C54H39N. The van der Waals surface area contributed by atoms with Gasteiger partial charge in [0.05, 0.1) is 5.41 Å². The van der Waals surface area contributed by atoms with Crippen LogP contribution in [0.3, 0.4) is 0 Å². The average Bonchev–Trinajstić information content (AvgIpc) is 3.59. The lowest BCUT2D eigenvalue weighted by atomic mass is 9.66. The summed E-state index contributed by atoms with van der Waals surface area (Å²) < 4.78 is 0. The summed E-state index contributed by atoms with van der Waals surface area (Å²) in [7, 11) is 0. The van der Waals surface area contributed by atoms with Crippen molar-refractivity contribution in [3.8, 4) is 33.4 Å². The highest BCUT2D eigenvalue weighted by Crippen LogP contribution is 2.59. The van der Waals surface area contributed by atoms with Gasteiger partial charge in [0.15, 0.2) is 0 Å². The lowest BCUT2D eigenvalue weighted by Crippen LogP contribution is -2.30. The SMILES string of the molecule is CC1(C)c2ccccc2-c2ccc(N(c3ccc(-c4ccccc4)cc3)c3ccc4c(c3)C3(c5ccccc5C=Cc5ccccc53)c3ccccc3-4)cc21. The molecule has 0 fully saturated rings. The van der Waals surface area contributed by atoms with Crippen LogP contribution in [0.15, 0.2) is 188 Å². The van der Waals surface area contributed by atoms with Crippen molar-refractivity contribution in [2.45, 2.75) is 24.7 Å². The first kappa shape index (κ1) is 31.8. The van der Waals surface area contributed by atoms with E-state index in [0.717, 1.165) is 17.1 Å². The maximum absolute atomic E-state index is 2.49. The normalized spacial score (nSPS) is 14.6. The third-order valence-corrected chi connectivity index (χ3v) is 12.5. The number of benzene rings is 8. The van der Waals surface area contributed by atoms with E-state index in [2.05, 4.69) is 219 Å². The van der Waals surface area contributed by atoms with Crippen LogP contribution in [0, 0.1) is 0 Å². The van der Waals surface area contributed by atoms with Gasteiger partial charge >= 0.3 is 0 Å². The smallest absolute Gasteiger partial charge is 0.0725 e. The Morgan fingerprint density at radius 2 is 0.764 bits per heavy atom. The summed E-state index contributed by atoms with van der Waals surface area (Å²) in [5.74, 6) is 0. The Morgan fingerprint density at radius 1 is 0.327 bits per heavy atom. The lowest BCUT2D eigenvalue weighted by molar-refractivity contribution is 0.660. The van der Waals surface area contributed by atoms with Crippen molar-refractivity contribution in [2.75, 3.05) is 4.90 Å². The van der Waals surface area contributed by atoms with Crippen LogP contribution in [0.5, 0.6) is 0 Å². The molecule has 3 aliphatic carbocycles. The highest BCUT2D eigenvalue weighted by atomic mass is 15.1. The number of rotatable bonds is 4. The van der Waals surface area contributed by atoms with Crippen LogP contribution in [-0.4, -0.2) is 0 Å². The zero-order valence-corrected chi connectivity index (χ0v) is 31.0. The minimum atomic E-state index is -0.497. The summed E-state index contributed by atoms with van der Waals surface area (Å²) in [5, 5.41) is 0. The molecule has 0 radical (unpaired) electrons. The predicted octanol–water partition coefficient (Wildman–Crippen LogP) is 14.0. The Balaban J connectivity index is 1.17. The second-order valence-electron chi connectivity index (χ2n) is 15.7. The van der Waals surface area contributed by atoms with E-state index >= 15 is 0 Å². The van der Waals surface area contributed by atoms with E-state index in [1.807, 2.05) is 0 Å². The molecule has 1 spiro atoms. The molecular weight excluding hydrogens is 663 g/mol. The van der Waals surface area contributed by atoms with E-state index in [1.54, 1.807) is 0 Å². The first-order valence-corrected chi connectivity index (χ1v) is 19.3. The van der Waals surface area contributed by atoms with Crippen LogP contribution in [-0.2, 0) is 10.8 Å². The Labute approximate surface area is 323 Å². The molecule has 3 aliphatic rings. The average molecular weight is 702 g/mol. The van der Waals surface area contributed by atoms with Crippen LogP contribution in [0.1, 0.15) is 58.4 Å². The quantitative estimate of drug-likeness (QED) is 0.177. The van der Waals surface area contributed by atoms with Crippen molar-refractivity contribution in [3.63, 3.8) is 0 Å². The van der Waals surface area contributed by atoms with Crippen LogP contribution in [0.25, 0.3) is 45.5 Å². The predicted molar refractivity (Wildman–Crippen MR) is 230 cm³/mol. The van der Waals surface area contributed by atoms with Gasteiger partial charge in [0.2, 0.25) is 0 Å². The van der Waals surface area contributed by atoms with Crippen LogP contribution in [0.4, 0.5) is 17.1 Å². The van der Waals surface area contributed by atoms with Crippen molar-refractivity contribution in [2.24, 2.45) is 0 Å². The van der Waals surface area contributed by atoms with Gasteiger partial charge in [-0.15, -0.1) is 0 Å². The van der Waals surface area contributed by atoms with E-state index in [-0.39, 0.29) is 5.41 Å². The van der Waals surface area contributed by atoms with Crippen LogP contribution >= 0.6 is 0 Å². The first-order chi connectivity index (χ1) is 27.0. The van der Waals surface area contributed by atoms with Gasteiger partial charge in [-0.1, -0.05) is 178 Å². The molecule has 11 rings (SSSR count). The summed E-state index contributed by atoms with van der Waals surface area (Å²) in [4.78, 5) is 2.47. The van der Waals surface area contributed by atoms with Crippen LogP contribution < -0.4 is 4.90 Å². The van der Waals surface area contributed by atoms with E-state index in [4.69, 9.17) is 0 Å². The molecule has 0 N–H and O–H groups in total. The molecule has 1 nitrogen and oxygen atoms in total. The van der Waals surface area contributed by atoms with Gasteiger partial charge in [-0.2, -0.15) is 0 Å². The lowest BCUT2D eigenvalue weighted by Gasteiger charge is -2.36. The number of nitrogens with zero attached hydrogens (tertiary/aromatic N) is 1. The molecule has 0 aromatic heterocycles. The Hall–Kier alpha value is -6.70. The first-order valence-electron chi connectivity index (χ1n) is 19.3. The fraction of sp³-hybridized carbons (Fsp3) is 0.0741. The summed E-state index contributed by atoms with van der Waals surface area (Å²) >= 11 is 0. The molecule has 0 bridgehead atoms. The molecule has 1 heteroatoms. The third kappa shape index (κ3) is 4.53. The molecule has 0 amide bonds. The Kier molecular flexibility index (Phi) is 6.88. The summed E-state index contributed by atoms with van der Waals surface area (Å²) in [6.07, 6.45) is 4.61. The zero-order chi connectivity index (χ0) is 36.7. The molecule has 55 heavy (non-hydrogen) atoms. The van der Waals surface area contributed by atoms with Gasteiger partial charge in [0.25, 0.3) is 0 Å². The summed E-state index contributed by atoms with van der Waals surface area (Å²) in [6.45, 7) is 4.73. The molecule has 8 aromatic rings. The second-order valence-corrected chi connectivity index (χ2v) is 15.7. The molecule has 0 heterocycles. The molecule has 0 saturated heterocycles. The molecule has 0 aliphatic heterocycles. The van der Waals surface area contributed by atoms with Crippen molar-refractivity contribution in [1.29, 1.82) is 0 Å². The van der Waals surface area contributed by atoms with Crippen molar-refractivity contribution in [1.82, 2.24) is 0 Å². The van der Waals surface area contributed by atoms with E-state index in [0.29, 0.717) is 0 Å². The maximum atomic E-state index is 2.49. The van der Waals surface area contributed by atoms with Gasteiger partial charge < -0.3 is 4.90 Å². The van der Waals surface area contributed by atoms with Gasteiger partial charge in [-0.3, -0.25) is 0 Å². The minimum Gasteiger partial charge on any atom is -0.310 e. The summed E-state index contributed by atoms with van der Waals surface area (Å²) in [6, 6.07) is 70.0. The molecule has 0 atom stereocenters. The molecule has 8 aromatic carbocycles. The topological polar surface area (TPSA) is 3.24 Å². The van der Waals surface area contributed by atoms with Gasteiger partial charge in [0, 0.05) is 22.5 Å². The number of hydrogen-bond donors (Lipinski definition) is 0. The van der Waals surface area contributed by atoms with Gasteiger partial charge in [-0.25, -0.2) is 0 Å². The molecule has 260 valence electrons. The zero-order valence-electron chi connectivity index (χ0n) is 31.0. The van der Waals surface area contributed by atoms with Crippen LogP contribution in [0.2, 0.25) is 0 Å². The number of fused-ring (bicyclic) bond motifs is 12. The van der Waals surface area contributed by atoms with Gasteiger partial charge in [-0.05, 0) is 114 Å². The summed E-state index contributed by atoms with van der Waals surface area (Å²) in [5.41, 5.74) is 21.0. The number of hydrogen-bond acceptors (Lipinski definition) is 1. The number of anilines is 3. The monoisotopic (exact) mass is 701 g/mol. The van der Waals surface area contributed by atoms with E-state index < -0.39 is 5.41 Å². The van der Waals surface area contributed by atoms with Crippen molar-refractivity contribution in [3.05, 3.63) is 233 Å². The van der Waals surface area contributed by atoms with Gasteiger partial charge in [0.1, 0.15) is 0 Å². The molecule has 0 unspecified atom stereocenters. The molecule has 0 saturated carbocycles. The largest absolute Gasteiger partial charge is 0.310 e.